The Morgan fingerprint density at radius 2 is 1.90 bits per heavy atom. The average molecular weight is 287 g/mol. The summed E-state index contributed by atoms with van der Waals surface area (Å²) < 4.78 is 27.2. The molecule has 1 aliphatic heterocycles. The van der Waals surface area contributed by atoms with Crippen LogP contribution in [0.15, 0.2) is 30.3 Å². The van der Waals surface area contributed by atoms with E-state index in [1.54, 1.807) is 19.1 Å². The van der Waals surface area contributed by atoms with Gasteiger partial charge in [0, 0.05) is 17.8 Å². The number of ketones is 1. The molecule has 0 saturated heterocycles. The highest BCUT2D eigenvalue weighted by Gasteiger charge is 2.25. The van der Waals surface area contributed by atoms with Crippen LogP contribution >= 0.6 is 0 Å². The molecule has 2 nitrogen and oxygen atoms in total. The Morgan fingerprint density at radius 1 is 1.14 bits per heavy atom. The second kappa shape index (κ2) is 4.95. The van der Waals surface area contributed by atoms with Gasteiger partial charge in [-0.05, 0) is 55.7 Å². The van der Waals surface area contributed by atoms with Gasteiger partial charge in [-0.15, -0.1) is 0 Å². The first kappa shape index (κ1) is 13.7. The maximum Gasteiger partial charge on any atom is 0.162 e. The van der Waals surface area contributed by atoms with E-state index in [2.05, 4.69) is 0 Å². The summed E-state index contributed by atoms with van der Waals surface area (Å²) in [5.41, 5.74) is 3.23. The Hall–Kier alpha value is -2.23. The van der Waals surface area contributed by atoms with Crippen molar-refractivity contribution in [2.75, 3.05) is 11.4 Å². The molecule has 0 bridgehead atoms. The predicted molar refractivity (Wildman–Crippen MR) is 78.3 cm³/mol. The summed E-state index contributed by atoms with van der Waals surface area (Å²) >= 11 is 0. The smallest absolute Gasteiger partial charge is 0.162 e. The Balaban J connectivity index is 2.17. The van der Waals surface area contributed by atoms with Crippen LogP contribution in [0.1, 0.15) is 28.4 Å². The summed E-state index contributed by atoms with van der Waals surface area (Å²) in [7, 11) is 0. The number of halogens is 2. The molecule has 0 aromatic heterocycles. The van der Waals surface area contributed by atoms with Crippen molar-refractivity contribution in [3.05, 3.63) is 58.7 Å². The van der Waals surface area contributed by atoms with Crippen molar-refractivity contribution in [3.8, 4) is 0 Å². The topological polar surface area (TPSA) is 20.3 Å². The summed E-state index contributed by atoms with van der Waals surface area (Å²) in [6.07, 6.45) is 0.781. The average Bonchev–Trinajstić information content (AvgIpc) is 2.84. The summed E-state index contributed by atoms with van der Waals surface area (Å²) in [6, 6.07) is 7.58. The molecular formula is C17H15F2NO. The van der Waals surface area contributed by atoms with Gasteiger partial charge >= 0.3 is 0 Å². The summed E-state index contributed by atoms with van der Waals surface area (Å²) in [5.74, 6) is -0.916. The zero-order valence-corrected chi connectivity index (χ0v) is 11.9. The van der Waals surface area contributed by atoms with Crippen molar-refractivity contribution in [1.29, 1.82) is 0 Å². The van der Waals surface area contributed by atoms with Crippen LogP contribution in [0.4, 0.5) is 20.2 Å². The number of carbonyl (C=O) groups is 1. The Kier molecular flexibility index (Phi) is 3.24. The van der Waals surface area contributed by atoms with E-state index < -0.39 is 5.82 Å². The number of anilines is 2. The van der Waals surface area contributed by atoms with Gasteiger partial charge in [0.15, 0.2) is 5.78 Å². The fraction of sp³-hybridized carbons (Fsp3) is 0.235. The molecule has 0 aliphatic carbocycles. The monoisotopic (exact) mass is 287 g/mol. The molecule has 2 aromatic carbocycles. The quantitative estimate of drug-likeness (QED) is 0.773. The van der Waals surface area contributed by atoms with Crippen LogP contribution in [0.2, 0.25) is 0 Å². The van der Waals surface area contributed by atoms with Crippen LogP contribution in [-0.2, 0) is 6.42 Å². The second-order valence-electron chi connectivity index (χ2n) is 5.35. The number of aryl methyl sites for hydroxylation is 1. The van der Waals surface area contributed by atoms with Gasteiger partial charge < -0.3 is 4.90 Å². The van der Waals surface area contributed by atoms with Gasteiger partial charge in [-0.1, -0.05) is 6.07 Å². The number of rotatable bonds is 2. The first-order valence-electron chi connectivity index (χ1n) is 6.84. The van der Waals surface area contributed by atoms with Crippen molar-refractivity contribution in [2.24, 2.45) is 0 Å². The molecule has 3 rings (SSSR count). The van der Waals surface area contributed by atoms with Gasteiger partial charge in [0.1, 0.15) is 11.6 Å². The molecule has 0 atom stereocenters. The third-order valence-corrected chi connectivity index (χ3v) is 3.89. The molecule has 0 spiro atoms. The molecule has 0 fully saturated rings. The minimum Gasteiger partial charge on any atom is -0.340 e. The van der Waals surface area contributed by atoms with E-state index in [4.69, 9.17) is 0 Å². The molecule has 0 N–H and O–H groups in total. The highest BCUT2D eigenvalue weighted by molar-refractivity contribution is 6.01. The minimum atomic E-state index is -0.400. The SMILES string of the molecule is CC(=O)c1cc(F)c(C)cc1N1CCc2ccc(F)cc21. The van der Waals surface area contributed by atoms with E-state index in [1.165, 1.54) is 25.1 Å². The third-order valence-electron chi connectivity index (χ3n) is 3.89. The number of fused-ring (bicyclic) bond motifs is 1. The molecule has 0 amide bonds. The first-order chi connectivity index (χ1) is 9.97. The van der Waals surface area contributed by atoms with Crippen molar-refractivity contribution >= 4 is 17.2 Å². The molecule has 108 valence electrons. The molecule has 0 unspecified atom stereocenters. The van der Waals surface area contributed by atoms with E-state index in [9.17, 15) is 13.6 Å². The van der Waals surface area contributed by atoms with Gasteiger partial charge in [0.05, 0.1) is 5.69 Å². The standard InChI is InChI=1S/C17H15F2NO/c1-10-7-17(14(11(2)21)9-15(10)19)20-6-5-12-3-4-13(18)8-16(12)20/h3-4,7-9H,5-6H2,1-2H3. The number of Topliss-reactive ketones (excluding diaryl/α,β-unsaturated/α-hetero) is 1. The molecule has 1 heterocycles. The van der Waals surface area contributed by atoms with Crippen LogP contribution in [0.25, 0.3) is 0 Å². The van der Waals surface area contributed by atoms with Gasteiger partial charge in [0.2, 0.25) is 0 Å². The molecule has 2 aromatic rings. The van der Waals surface area contributed by atoms with E-state index in [-0.39, 0.29) is 11.6 Å². The van der Waals surface area contributed by atoms with Gasteiger partial charge in [-0.2, -0.15) is 0 Å². The first-order valence-corrected chi connectivity index (χ1v) is 6.84. The van der Waals surface area contributed by atoms with E-state index in [1.807, 2.05) is 4.90 Å². The maximum atomic E-state index is 13.7. The fourth-order valence-electron chi connectivity index (χ4n) is 2.77. The predicted octanol–water partition coefficient (Wildman–Crippen LogP) is 4.17. The zero-order valence-electron chi connectivity index (χ0n) is 11.9. The summed E-state index contributed by atoms with van der Waals surface area (Å²) in [4.78, 5) is 13.7. The highest BCUT2D eigenvalue weighted by Crippen LogP contribution is 2.37. The Morgan fingerprint density at radius 3 is 2.62 bits per heavy atom. The maximum absolute atomic E-state index is 13.7. The highest BCUT2D eigenvalue weighted by atomic mass is 19.1. The largest absolute Gasteiger partial charge is 0.340 e. The fourth-order valence-corrected chi connectivity index (χ4v) is 2.77. The number of carbonyl (C=O) groups excluding carboxylic acids is 1. The number of benzene rings is 2. The van der Waals surface area contributed by atoms with Crippen molar-refractivity contribution in [1.82, 2.24) is 0 Å². The van der Waals surface area contributed by atoms with Crippen molar-refractivity contribution in [3.63, 3.8) is 0 Å². The van der Waals surface area contributed by atoms with Crippen molar-refractivity contribution in [2.45, 2.75) is 20.3 Å². The van der Waals surface area contributed by atoms with Crippen molar-refractivity contribution < 1.29 is 13.6 Å². The van der Waals surface area contributed by atoms with E-state index in [0.717, 1.165) is 17.7 Å². The van der Waals surface area contributed by atoms with Crippen LogP contribution in [0.5, 0.6) is 0 Å². The van der Waals surface area contributed by atoms with E-state index >= 15 is 0 Å². The molecular weight excluding hydrogens is 272 g/mol. The Bertz CT molecular complexity index is 740. The zero-order chi connectivity index (χ0) is 15.1. The van der Waals surface area contributed by atoms with E-state index in [0.29, 0.717) is 23.4 Å². The van der Waals surface area contributed by atoms with Gasteiger partial charge in [-0.25, -0.2) is 8.78 Å². The van der Waals surface area contributed by atoms with Gasteiger partial charge in [0.25, 0.3) is 0 Å². The number of hydrogen-bond acceptors (Lipinski definition) is 2. The molecule has 4 heteroatoms. The van der Waals surface area contributed by atoms with Gasteiger partial charge in [-0.3, -0.25) is 4.79 Å². The summed E-state index contributed by atoms with van der Waals surface area (Å²) in [6.45, 7) is 3.73. The van der Waals surface area contributed by atoms with Crippen LogP contribution in [0, 0.1) is 18.6 Å². The second-order valence-corrected chi connectivity index (χ2v) is 5.35. The lowest BCUT2D eigenvalue weighted by Gasteiger charge is -2.23. The molecule has 0 saturated carbocycles. The number of hydrogen-bond donors (Lipinski definition) is 0. The lowest BCUT2D eigenvalue weighted by atomic mass is 10.0. The van der Waals surface area contributed by atoms with Crippen LogP contribution in [0.3, 0.4) is 0 Å². The molecule has 21 heavy (non-hydrogen) atoms. The molecule has 1 aliphatic rings. The van der Waals surface area contributed by atoms with Crippen LogP contribution < -0.4 is 4.90 Å². The molecule has 0 radical (unpaired) electrons. The summed E-state index contributed by atoms with van der Waals surface area (Å²) in [5, 5.41) is 0. The Labute approximate surface area is 122 Å². The lowest BCUT2D eigenvalue weighted by Crippen LogP contribution is -2.17. The lowest BCUT2D eigenvalue weighted by molar-refractivity contribution is 0.101. The number of nitrogens with zero attached hydrogens (tertiary/aromatic N) is 1. The normalized spacial score (nSPS) is 13.4. The third kappa shape index (κ3) is 2.31. The van der Waals surface area contributed by atoms with Crippen LogP contribution in [-0.4, -0.2) is 12.3 Å². The minimum absolute atomic E-state index is 0.200.